The molecule has 1 heterocycles. The topological polar surface area (TPSA) is 105 Å². The quantitative estimate of drug-likeness (QED) is 0.537. The van der Waals surface area contributed by atoms with Crippen molar-refractivity contribution in [2.45, 2.75) is 6.42 Å². The smallest absolute Gasteiger partial charge is 0.308 e. The number of esters is 1. The highest BCUT2D eigenvalue weighted by Crippen LogP contribution is 2.28. The third kappa shape index (κ3) is 5.78. The van der Waals surface area contributed by atoms with E-state index in [1.165, 1.54) is 11.0 Å². The van der Waals surface area contributed by atoms with Crippen molar-refractivity contribution >= 4 is 41.1 Å². The summed E-state index contributed by atoms with van der Waals surface area (Å²) in [5.41, 5.74) is 1.97. The molecule has 0 fully saturated rings. The number of carbonyl (C=O) groups is 4. The Morgan fingerprint density at radius 2 is 1.80 bits per heavy atom. The fourth-order valence-corrected chi connectivity index (χ4v) is 2.83. The van der Waals surface area contributed by atoms with E-state index in [4.69, 9.17) is 4.74 Å². The lowest BCUT2D eigenvalue weighted by Crippen LogP contribution is -2.44. The number of amides is 3. The zero-order valence-corrected chi connectivity index (χ0v) is 16.2. The normalized spacial score (nSPS) is 12.8. The van der Waals surface area contributed by atoms with Gasteiger partial charge in [-0.05, 0) is 23.8 Å². The molecule has 3 rings (SSSR count). The van der Waals surface area contributed by atoms with Gasteiger partial charge in [0.15, 0.2) is 6.61 Å². The number of hydrogen-bond acceptors (Lipinski definition) is 5. The van der Waals surface area contributed by atoms with E-state index in [0.29, 0.717) is 11.4 Å². The predicted octanol–water partition coefficient (Wildman–Crippen LogP) is 1.73. The van der Waals surface area contributed by atoms with Crippen LogP contribution >= 0.6 is 0 Å². The highest BCUT2D eigenvalue weighted by molar-refractivity contribution is 6.10. The van der Waals surface area contributed by atoms with E-state index in [0.717, 1.165) is 5.56 Å². The van der Waals surface area contributed by atoms with E-state index in [1.807, 2.05) is 30.3 Å². The lowest BCUT2D eigenvalue weighted by atomic mass is 10.2. The van der Waals surface area contributed by atoms with Crippen molar-refractivity contribution < 1.29 is 23.9 Å². The van der Waals surface area contributed by atoms with Crippen LogP contribution in [0, 0.1) is 0 Å². The molecular weight excluding hydrogens is 386 g/mol. The molecule has 0 saturated heterocycles. The molecule has 0 saturated carbocycles. The minimum Gasteiger partial charge on any atom is -0.455 e. The van der Waals surface area contributed by atoms with Gasteiger partial charge in [0.05, 0.1) is 17.8 Å². The summed E-state index contributed by atoms with van der Waals surface area (Å²) in [6, 6.07) is 16.2. The van der Waals surface area contributed by atoms with Crippen molar-refractivity contribution in [3.05, 3.63) is 66.2 Å². The molecule has 8 nitrogen and oxygen atoms in total. The summed E-state index contributed by atoms with van der Waals surface area (Å²) in [6.45, 7) is -0.542. The maximum Gasteiger partial charge on any atom is 0.308 e. The first-order valence-electron chi connectivity index (χ1n) is 9.39. The highest BCUT2D eigenvalue weighted by Gasteiger charge is 2.27. The average molecular weight is 407 g/mol. The maximum atomic E-state index is 12.4. The van der Waals surface area contributed by atoms with Crippen molar-refractivity contribution in [3.8, 4) is 0 Å². The average Bonchev–Trinajstić information content (AvgIpc) is 2.76. The van der Waals surface area contributed by atoms with Gasteiger partial charge in [-0.2, -0.15) is 0 Å². The summed E-state index contributed by atoms with van der Waals surface area (Å²) in [7, 11) is 0. The third-order valence-corrected chi connectivity index (χ3v) is 4.28. The first-order valence-corrected chi connectivity index (χ1v) is 9.39. The van der Waals surface area contributed by atoms with Crippen molar-refractivity contribution in [1.29, 1.82) is 0 Å². The highest BCUT2D eigenvalue weighted by atomic mass is 16.5. The van der Waals surface area contributed by atoms with E-state index in [1.54, 1.807) is 30.3 Å². The first kappa shape index (κ1) is 20.8. The lowest BCUT2D eigenvalue weighted by Gasteiger charge is -2.28. The van der Waals surface area contributed by atoms with Gasteiger partial charge in [0, 0.05) is 12.6 Å². The van der Waals surface area contributed by atoms with Crippen LogP contribution in [0.5, 0.6) is 0 Å². The van der Waals surface area contributed by atoms with Crippen LogP contribution in [0.4, 0.5) is 11.4 Å². The number of ether oxygens (including phenoxy) is 1. The number of nitrogens with zero attached hydrogens (tertiary/aromatic N) is 1. The molecular formula is C22H21N3O5. The zero-order valence-electron chi connectivity index (χ0n) is 16.2. The van der Waals surface area contributed by atoms with Crippen LogP contribution in [-0.2, 0) is 23.9 Å². The molecule has 8 heteroatoms. The number of rotatable bonds is 7. The Kier molecular flexibility index (Phi) is 6.94. The van der Waals surface area contributed by atoms with E-state index in [2.05, 4.69) is 10.6 Å². The standard InChI is InChI=1S/C22H21N3O5/c26-19(11-10-16-6-2-1-3-7-16)23-13-12-22(29)30-15-21(28)25-14-20(27)24-17-8-4-5-9-18(17)25/h1-11H,12-15H2,(H,23,26)(H,24,27)/b11-10+. The molecule has 0 unspecified atom stereocenters. The number of nitrogens with one attached hydrogen (secondary N) is 2. The molecule has 2 aromatic rings. The maximum absolute atomic E-state index is 12.4. The molecule has 0 bridgehead atoms. The van der Waals surface area contributed by atoms with Crippen LogP contribution < -0.4 is 15.5 Å². The van der Waals surface area contributed by atoms with Gasteiger partial charge in [-0.1, -0.05) is 42.5 Å². The minimum absolute atomic E-state index is 0.0741. The van der Waals surface area contributed by atoms with Gasteiger partial charge >= 0.3 is 5.97 Å². The van der Waals surface area contributed by atoms with Crippen LogP contribution in [0.2, 0.25) is 0 Å². The molecule has 2 N–H and O–H groups in total. The van der Waals surface area contributed by atoms with E-state index >= 15 is 0 Å². The van der Waals surface area contributed by atoms with Gasteiger partial charge < -0.3 is 15.4 Å². The van der Waals surface area contributed by atoms with Gasteiger partial charge in [-0.3, -0.25) is 24.1 Å². The zero-order chi connectivity index (χ0) is 21.3. The predicted molar refractivity (Wildman–Crippen MR) is 111 cm³/mol. The second-order valence-electron chi connectivity index (χ2n) is 6.49. The first-order chi connectivity index (χ1) is 14.5. The fourth-order valence-electron chi connectivity index (χ4n) is 2.83. The fraction of sp³-hybridized carbons (Fsp3) is 0.182. The van der Waals surface area contributed by atoms with Crippen LogP contribution in [-0.4, -0.2) is 43.4 Å². The summed E-state index contributed by atoms with van der Waals surface area (Å²) in [5.74, 6) is -1.77. The Balaban J connectivity index is 1.41. The number of hydrogen-bond donors (Lipinski definition) is 2. The van der Waals surface area contributed by atoms with E-state index < -0.39 is 18.5 Å². The van der Waals surface area contributed by atoms with Crippen molar-refractivity contribution in [3.63, 3.8) is 0 Å². The minimum atomic E-state index is -0.620. The Labute approximate surface area is 173 Å². The molecule has 1 aliphatic rings. The number of benzene rings is 2. The molecule has 30 heavy (non-hydrogen) atoms. The number of carbonyl (C=O) groups excluding carboxylic acids is 4. The van der Waals surface area contributed by atoms with Gasteiger partial charge in [0.2, 0.25) is 11.8 Å². The van der Waals surface area contributed by atoms with Crippen molar-refractivity contribution in [1.82, 2.24) is 5.32 Å². The molecule has 0 atom stereocenters. The Bertz CT molecular complexity index is 972. The van der Waals surface area contributed by atoms with Crippen LogP contribution in [0.1, 0.15) is 12.0 Å². The van der Waals surface area contributed by atoms with Crippen LogP contribution in [0.15, 0.2) is 60.7 Å². The molecule has 2 aromatic carbocycles. The van der Waals surface area contributed by atoms with E-state index in [-0.39, 0.29) is 31.3 Å². The second-order valence-corrected chi connectivity index (χ2v) is 6.49. The largest absolute Gasteiger partial charge is 0.455 e. The van der Waals surface area contributed by atoms with Gasteiger partial charge in [-0.15, -0.1) is 0 Å². The number of fused-ring (bicyclic) bond motifs is 1. The summed E-state index contributed by atoms with van der Waals surface area (Å²) in [5, 5.41) is 5.26. The second kappa shape index (κ2) is 10.0. The Hall–Kier alpha value is -3.94. The SMILES string of the molecule is O=C(/C=C/c1ccccc1)NCCC(=O)OCC(=O)N1CC(=O)Nc2ccccc21. The molecule has 0 aromatic heterocycles. The lowest BCUT2D eigenvalue weighted by molar-refractivity contribution is -0.147. The van der Waals surface area contributed by atoms with Gasteiger partial charge in [0.25, 0.3) is 5.91 Å². The van der Waals surface area contributed by atoms with Gasteiger partial charge in [-0.25, -0.2) is 0 Å². The summed E-state index contributed by atoms with van der Waals surface area (Å²) in [6.07, 6.45) is 2.97. The number of anilines is 2. The Morgan fingerprint density at radius 1 is 1.07 bits per heavy atom. The molecule has 154 valence electrons. The summed E-state index contributed by atoms with van der Waals surface area (Å²) < 4.78 is 4.99. The summed E-state index contributed by atoms with van der Waals surface area (Å²) >= 11 is 0. The van der Waals surface area contributed by atoms with Crippen molar-refractivity contribution in [2.75, 3.05) is 29.9 Å². The molecule has 0 aliphatic carbocycles. The molecule has 1 aliphatic heterocycles. The van der Waals surface area contributed by atoms with Crippen molar-refractivity contribution in [2.24, 2.45) is 0 Å². The third-order valence-electron chi connectivity index (χ3n) is 4.28. The number of para-hydroxylation sites is 2. The van der Waals surface area contributed by atoms with E-state index in [9.17, 15) is 19.2 Å². The molecule has 0 radical (unpaired) electrons. The van der Waals surface area contributed by atoms with Gasteiger partial charge in [0.1, 0.15) is 6.54 Å². The summed E-state index contributed by atoms with van der Waals surface area (Å²) in [4.78, 5) is 49.1. The van der Waals surface area contributed by atoms with Crippen LogP contribution in [0.3, 0.4) is 0 Å². The monoisotopic (exact) mass is 407 g/mol. The molecule has 0 spiro atoms. The Morgan fingerprint density at radius 3 is 2.60 bits per heavy atom. The molecule has 3 amide bonds. The van der Waals surface area contributed by atoms with Crippen LogP contribution in [0.25, 0.3) is 6.08 Å².